The molecule has 1 amide bonds. The van der Waals surface area contributed by atoms with E-state index < -0.39 is 0 Å². The number of thiol groups is 1. The molecular weight excluding hydrogens is 244 g/mol. The van der Waals surface area contributed by atoms with Gasteiger partial charge in [0.25, 0.3) is 0 Å². The van der Waals surface area contributed by atoms with Gasteiger partial charge in [-0.1, -0.05) is 13.8 Å². The lowest BCUT2D eigenvalue weighted by molar-refractivity contribution is -0.133. The molecule has 0 aromatic heterocycles. The Labute approximate surface area is 117 Å². The summed E-state index contributed by atoms with van der Waals surface area (Å²) in [6, 6.07) is 0. The second-order valence-electron chi connectivity index (χ2n) is 6.37. The van der Waals surface area contributed by atoms with Crippen molar-refractivity contribution in [2.75, 3.05) is 39.5 Å². The molecule has 4 heteroatoms. The number of hydrogen-bond acceptors (Lipinski definition) is 3. The second-order valence-corrected chi connectivity index (χ2v) is 6.69. The van der Waals surface area contributed by atoms with Gasteiger partial charge in [-0.05, 0) is 44.0 Å². The SMILES string of the molecule is CC(C)CN(CCN(C)C)C(=O)CC1(CS)CC1. The molecule has 0 unspecified atom stereocenters. The highest BCUT2D eigenvalue weighted by molar-refractivity contribution is 7.80. The Morgan fingerprint density at radius 1 is 1.28 bits per heavy atom. The monoisotopic (exact) mass is 272 g/mol. The van der Waals surface area contributed by atoms with Crippen molar-refractivity contribution >= 4 is 18.5 Å². The third-order valence-electron chi connectivity index (χ3n) is 3.57. The topological polar surface area (TPSA) is 23.6 Å². The van der Waals surface area contributed by atoms with Gasteiger partial charge in [-0.15, -0.1) is 0 Å². The minimum atomic E-state index is 0.230. The molecule has 0 aromatic carbocycles. The second kappa shape index (κ2) is 6.80. The van der Waals surface area contributed by atoms with Crippen molar-refractivity contribution in [1.82, 2.24) is 9.80 Å². The number of nitrogens with zero attached hydrogens (tertiary/aromatic N) is 2. The van der Waals surface area contributed by atoms with Crippen molar-refractivity contribution in [2.24, 2.45) is 11.3 Å². The fraction of sp³-hybridized carbons (Fsp3) is 0.929. The summed E-state index contributed by atoms with van der Waals surface area (Å²) in [6.45, 7) is 6.98. The molecule has 0 bridgehead atoms. The van der Waals surface area contributed by atoms with Crippen molar-refractivity contribution in [3.8, 4) is 0 Å². The Hall–Kier alpha value is -0.220. The van der Waals surface area contributed by atoms with E-state index in [1.807, 2.05) is 19.0 Å². The van der Waals surface area contributed by atoms with Crippen LogP contribution in [0.15, 0.2) is 0 Å². The molecule has 0 radical (unpaired) electrons. The maximum atomic E-state index is 12.4. The van der Waals surface area contributed by atoms with E-state index in [1.54, 1.807) is 0 Å². The van der Waals surface area contributed by atoms with Crippen LogP contribution in [-0.4, -0.2) is 55.2 Å². The zero-order valence-corrected chi connectivity index (χ0v) is 13.2. The number of rotatable bonds is 8. The molecule has 18 heavy (non-hydrogen) atoms. The summed E-state index contributed by atoms with van der Waals surface area (Å²) in [5, 5.41) is 0. The van der Waals surface area contributed by atoms with Crippen LogP contribution in [-0.2, 0) is 4.79 Å². The average Bonchev–Trinajstić information content (AvgIpc) is 3.04. The summed E-state index contributed by atoms with van der Waals surface area (Å²) >= 11 is 4.38. The van der Waals surface area contributed by atoms with Crippen LogP contribution in [0.5, 0.6) is 0 Å². The molecule has 1 aliphatic carbocycles. The highest BCUT2D eigenvalue weighted by atomic mass is 32.1. The van der Waals surface area contributed by atoms with E-state index in [1.165, 1.54) is 12.8 Å². The Bertz CT molecular complexity index is 275. The highest BCUT2D eigenvalue weighted by Crippen LogP contribution is 2.49. The molecule has 0 spiro atoms. The van der Waals surface area contributed by atoms with Gasteiger partial charge in [-0.2, -0.15) is 12.6 Å². The molecule has 1 saturated carbocycles. The van der Waals surface area contributed by atoms with E-state index in [-0.39, 0.29) is 5.41 Å². The minimum Gasteiger partial charge on any atom is -0.341 e. The van der Waals surface area contributed by atoms with Crippen LogP contribution in [0.25, 0.3) is 0 Å². The molecule has 0 saturated heterocycles. The molecule has 0 N–H and O–H groups in total. The van der Waals surface area contributed by atoms with Crippen molar-refractivity contribution in [3.63, 3.8) is 0 Å². The van der Waals surface area contributed by atoms with Crippen molar-refractivity contribution in [3.05, 3.63) is 0 Å². The van der Waals surface area contributed by atoms with Crippen LogP contribution >= 0.6 is 12.6 Å². The zero-order chi connectivity index (χ0) is 13.8. The van der Waals surface area contributed by atoms with Crippen molar-refractivity contribution in [1.29, 1.82) is 0 Å². The number of carbonyl (C=O) groups is 1. The first-order chi connectivity index (χ1) is 8.38. The predicted octanol–water partition coefficient (Wildman–Crippen LogP) is 2.13. The number of hydrogen-bond donors (Lipinski definition) is 1. The zero-order valence-electron chi connectivity index (χ0n) is 12.3. The fourth-order valence-corrected chi connectivity index (χ4v) is 2.51. The minimum absolute atomic E-state index is 0.230. The van der Waals surface area contributed by atoms with Crippen LogP contribution in [0.4, 0.5) is 0 Å². The van der Waals surface area contributed by atoms with Gasteiger partial charge in [0.2, 0.25) is 5.91 Å². The van der Waals surface area contributed by atoms with E-state index >= 15 is 0 Å². The van der Waals surface area contributed by atoms with E-state index in [9.17, 15) is 4.79 Å². The summed E-state index contributed by atoms with van der Waals surface area (Å²) < 4.78 is 0. The predicted molar refractivity (Wildman–Crippen MR) is 80.1 cm³/mol. The third kappa shape index (κ3) is 5.19. The van der Waals surface area contributed by atoms with Gasteiger partial charge in [0.1, 0.15) is 0 Å². The number of likely N-dealkylation sites (N-methyl/N-ethyl adjacent to an activating group) is 1. The van der Waals surface area contributed by atoms with Crippen LogP contribution in [0, 0.1) is 11.3 Å². The van der Waals surface area contributed by atoms with Gasteiger partial charge in [0.05, 0.1) is 0 Å². The standard InChI is InChI=1S/C14H28N2OS/c1-12(2)10-16(8-7-15(3)4)13(17)9-14(11-18)5-6-14/h12,18H,5-11H2,1-4H3. The highest BCUT2D eigenvalue weighted by Gasteiger charge is 2.43. The Kier molecular flexibility index (Phi) is 5.99. The normalized spacial score (nSPS) is 17.3. The molecule has 0 aromatic rings. The maximum absolute atomic E-state index is 12.4. The molecule has 1 rings (SSSR count). The molecular formula is C14H28N2OS. The third-order valence-corrected chi connectivity index (χ3v) is 4.24. The van der Waals surface area contributed by atoms with E-state index in [0.29, 0.717) is 18.2 Å². The van der Waals surface area contributed by atoms with Crippen molar-refractivity contribution in [2.45, 2.75) is 33.1 Å². The summed E-state index contributed by atoms with van der Waals surface area (Å²) in [7, 11) is 4.10. The van der Waals surface area contributed by atoms with Crippen molar-refractivity contribution < 1.29 is 4.79 Å². The van der Waals surface area contributed by atoms with Gasteiger partial charge >= 0.3 is 0 Å². The fourth-order valence-electron chi connectivity index (χ4n) is 2.08. The van der Waals surface area contributed by atoms with Gasteiger partial charge in [-0.3, -0.25) is 4.79 Å². The summed E-state index contributed by atoms with van der Waals surface area (Å²) in [6.07, 6.45) is 3.04. The molecule has 0 heterocycles. The number of carbonyl (C=O) groups excluding carboxylic acids is 1. The van der Waals surface area contributed by atoms with Crippen LogP contribution in [0.2, 0.25) is 0 Å². The number of amides is 1. The first-order valence-electron chi connectivity index (χ1n) is 6.92. The summed E-state index contributed by atoms with van der Waals surface area (Å²) in [4.78, 5) is 16.5. The van der Waals surface area contributed by atoms with Gasteiger partial charge < -0.3 is 9.80 Å². The van der Waals surface area contributed by atoms with Gasteiger partial charge in [0, 0.05) is 26.1 Å². The Balaban J connectivity index is 2.49. The molecule has 106 valence electrons. The summed E-state index contributed by atoms with van der Waals surface area (Å²) in [5.74, 6) is 1.70. The average molecular weight is 272 g/mol. The lowest BCUT2D eigenvalue weighted by Gasteiger charge is -2.27. The van der Waals surface area contributed by atoms with E-state index in [2.05, 4.69) is 31.4 Å². The molecule has 1 fully saturated rings. The molecule has 0 atom stereocenters. The smallest absolute Gasteiger partial charge is 0.223 e. The first kappa shape index (κ1) is 15.8. The largest absolute Gasteiger partial charge is 0.341 e. The quantitative estimate of drug-likeness (QED) is 0.684. The maximum Gasteiger partial charge on any atom is 0.223 e. The van der Waals surface area contributed by atoms with Crippen LogP contribution in [0.1, 0.15) is 33.1 Å². The van der Waals surface area contributed by atoms with Crippen LogP contribution in [0.3, 0.4) is 0 Å². The molecule has 0 aliphatic heterocycles. The van der Waals surface area contributed by atoms with Gasteiger partial charge in [0.15, 0.2) is 0 Å². The molecule has 3 nitrogen and oxygen atoms in total. The summed E-state index contributed by atoms with van der Waals surface area (Å²) in [5.41, 5.74) is 0.230. The Morgan fingerprint density at radius 3 is 2.28 bits per heavy atom. The van der Waals surface area contributed by atoms with Crippen LogP contribution < -0.4 is 0 Å². The lowest BCUT2D eigenvalue weighted by Crippen LogP contribution is -2.40. The first-order valence-corrected chi connectivity index (χ1v) is 7.55. The molecule has 1 aliphatic rings. The Morgan fingerprint density at radius 2 is 1.89 bits per heavy atom. The lowest BCUT2D eigenvalue weighted by atomic mass is 10.0. The van der Waals surface area contributed by atoms with E-state index in [0.717, 1.165) is 25.4 Å². The van der Waals surface area contributed by atoms with E-state index in [4.69, 9.17) is 0 Å². The van der Waals surface area contributed by atoms with Gasteiger partial charge in [-0.25, -0.2) is 0 Å².